The first-order chi connectivity index (χ1) is 9.70. The summed E-state index contributed by atoms with van der Waals surface area (Å²) in [5.74, 6) is -0.100. The third kappa shape index (κ3) is 2.68. The van der Waals surface area contributed by atoms with Gasteiger partial charge in [0.15, 0.2) is 0 Å². The van der Waals surface area contributed by atoms with Crippen LogP contribution in [0.15, 0.2) is 48.7 Å². The molecule has 1 fully saturated rings. The molecular formula is C16H15ClN2O. The van der Waals surface area contributed by atoms with E-state index in [1.165, 1.54) is 5.56 Å². The highest BCUT2D eigenvalue weighted by atomic mass is 35.5. The lowest BCUT2D eigenvalue weighted by molar-refractivity contribution is 0.0949. The number of halogens is 1. The minimum atomic E-state index is -0.100. The highest BCUT2D eigenvalue weighted by Crippen LogP contribution is 2.47. The zero-order valence-electron chi connectivity index (χ0n) is 11.0. The number of pyridine rings is 1. The predicted molar refractivity (Wildman–Crippen MR) is 78.9 cm³/mol. The van der Waals surface area contributed by atoms with E-state index < -0.39 is 0 Å². The first-order valence-corrected chi connectivity index (χ1v) is 7.03. The Morgan fingerprint density at radius 1 is 1.25 bits per heavy atom. The van der Waals surface area contributed by atoms with Crippen LogP contribution in [0.1, 0.15) is 28.8 Å². The molecule has 0 aliphatic heterocycles. The van der Waals surface area contributed by atoms with Gasteiger partial charge < -0.3 is 5.32 Å². The topological polar surface area (TPSA) is 42.0 Å². The Morgan fingerprint density at radius 3 is 2.65 bits per heavy atom. The van der Waals surface area contributed by atoms with E-state index >= 15 is 0 Å². The van der Waals surface area contributed by atoms with Crippen LogP contribution in [0, 0.1) is 0 Å². The molecule has 0 bridgehead atoms. The van der Waals surface area contributed by atoms with Crippen molar-refractivity contribution >= 4 is 17.5 Å². The molecular weight excluding hydrogens is 272 g/mol. The van der Waals surface area contributed by atoms with Gasteiger partial charge in [-0.2, -0.15) is 0 Å². The lowest BCUT2D eigenvalue weighted by Crippen LogP contribution is -2.32. The van der Waals surface area contributed by atoms with Gasteiger partial charge in [-0.05, 0) is 30.5 Å². The van der Waals surface area contributed by atoms with Crippen molar-refractivity contribution in [2.75, 3.05) is 6.54 Å². The second-order valence-electron chi connectivity index (χ2n) is 5.20. The molecule has 0 saturated heterocycles. The van der Waals surface area contributed by atoms with E-state index in [9.17, 15) is 4.79 Å². The Balaban J connectivity index is 1.67. The van der Waals surface area contributed by atoms with Crippen LogP contribution < -0.4 is 5.32 Å². The number of rotatable bonds is 4. The zero-order chi connectivity index (χ0) is 14.0. The van der Waals surface area contributed by atoms with E-state index in [2.05, 4.69) is 22.4 Å². The largest absolute Gasteiger partial charge is 0.351 e. The molecule has 1 aromatic carbocycles. The fraction of sp³-hybridized carbons (Fsp3) is 0.250. The van der Waals surface area contributed by atoms with Gasteiger partial charge in [0.05, 0.1) is 0 Å². The summed E-state index contributed by atoms with van der Waals surface area (Å²) in [6, 6.07) is 13.6. The Kier molecular flexibility index (Phi) is 3.45. The molecule has 1 aliphatic carbocycles. The molecule has 20 heavy (non-hydrogen) atoms. The smallest absolute Gasteiger partial charge is 0.251 e. The third-order valence-corrected chi connectivity index (χ3v) is 4.02. The molecule has 1 N–H and O–H groups in total. The van der Waals surface area contributed by atoms with Crippen molar-refractivity contribution in [3.05, 3.63) is 64.9 Å². The normalized spacial score (nSPS) is 15.7. The number of nitrogens with zero attached hydrogens (tertiary/aromatic N) is 1. The monoisotopic (exact) mass is 286 g/mol. The van der Waals surface area contributed by atoms with Gasteiger partial charge in [0.25, 0.3) is 5.91 Å². The zero-order valence-corrected chi connectivity index (χ0v) is 11.7. The maximum atomic E-state index is 12.1. The minimum Gasteiger partial charge on any atom is -0.351 e. The number of benzene rings is 1. The molecule has 1 saturated carbocycles. The van der Waals surface area contributed by atoms with Crippen LogP contribution in [-0.4, -0.2) is 17.4 Å². The summed E-state index contributed by atoms with van der Waals surface area (Å²) in [4.78, 5) is 16.0. The van der Waals surface area contributed by atoms with Crippen molar-refractivity contribution in [1.29, 1.82) is 0 Å². The fourth-order valence-corrected chi connectivity index (χ4v) is 2.58. The Labute approximate surface area is 123 Å². The first kappa shape index (κ1) is 13.1. The van der Waals surface area contributed by atoms with Crippen molar-refractivity contribution < 1.29 is 4.79 Å². The molecule has 0 radical (unpaired) electrons. The number of hydrogen-bond donors (Lipinski definition) is 1. The van der Waals surface area contributed by atoms with Crippen LogP contribution in [-0.2, 0) is 5.41 Å². The summed E-state index contributed by atoms with van der Waals surface area (Å²) in [6.45, 7) is 0.662. The maximum absolute atomic E-state index is 12.1. The number of amides is 1. The number of hydrogen-bond acceptors (Lipinski definition) is 2. The number of carbonyl (C=O) groups excluding carboxylic acids is 1. The molecule has 0 spiro atoms. The number of nitrogens with one attached hydrogen (secondary N) is 1. The van der Waals surface area contributed by atoms with Gasteiger partial charge in [0.2, 0.25) is 0 Å². The number of carbonyl (C=O) groups is 1. The van der Waals surface area contributed by atoms with Crippen molar-refractivity contribution in [1.82, 2.24) is 10.3 Å². The highest BCUT2D eigenvalue weighted by Gasteiger charge is 2.44. The average Bonchev–Trinajstić information content (AvgIpc) is 3.27. The molecule has 102 valence electrons. The molecule has 1 aliphatic rings. The van der Waals surface area contributed by atoms with Gasteiger partial charge in [-0.15, -0.1) is 0 Å². The standard InChI is InChI=1S/C16H15ClN2O/c17-14-10-12(6-9-18-14)15(20)19-11-16(7-8-16)13-4-2-1-3-5-13/h1-6,9-10H,7-8,11H2,(H,19,20). The summed E-state index contributed by atoms with van der Waals surface area (Å²) in [5.41, 5.74) is 1.97. The molecule has 1 heterocycles. The van der Waals surface area contributed by atoms with Gasteiger partial charge in [0.1, 0.15) is 5.15 Å². The molecule has 3 nitrogen and oxygen atoms in total. The van der Waals surface area contributed by atoms with E-state index in [1.807, 2.05) is 18.2 Å². The van der Waals surface area contributed by atoms with E-state index in [1.54, 1.807) is 18.3 Å². The van der Waals surface area contributed by atoms with Crippen molar-refractivity contribution in [2.24, 2.45) is 0 Å². The van der Waals surface area contributed by atoms with Crippen molar-refractivity contribution in [3.63, 3.8) is 0 Å². The van der Waals surface area contributed by atoms with E-state index in [0.717, 1.165) is 12.8 Å². The SMILES string of the molecule is O=C(NCC1(c2ccccc2)CC1)c1ccnc(Cl)c1. The van der Waals surface area contributed by atoms with Crippen LogP contribution in [0.25, 0.3) is 0 Å². The molecule has 4 heteroatoms. The first-order valence-electron chi connectivity index (χ1n) is 6.65. The van der Waals surface area contributed by atoms with Crippen LogP contribution in [0.3, 0.4) is 0 Å². The van der Waals surface area contributed by atoms with Crippen molar-refractivity contribution in [3.8, 4) is 0 Å². The quantitative estimate of drug-likeness (QED) is 0.877. The minimum absolute atomic E-state index is 0.100. The van der Waals surface area contributed by atoms with Crippen molar-refractivity contribution in [2.45, 2.75) is 18.3 Å². The fourth-order valence-electron chi connectivity index (χ4n) is 2.41. The van der Waals surface area contributed by atoms with Gasteiger partial charge in [0, 0.05) is 23.7 Å². The van der Waals surface area contributed by atoms with Crippen LogP contribution in [0.4, 0.5) is 0 Å². The highest BCUT2D eigenvalue weighted by molar-refractivity contribution is 6.29. The lowest BCUT2D eigenvalue weighted by Gasteiger charge is -2.16. The van der Waals surface area contributed by atoms with E-state index in [0.29, 0.717) is 17.3 Å². The predicted octanol–water partition coefficient (Wildman–Crippen LogP) is 3.20. The summed E-state index contributed by atoms with van der Waals surface area (Å²) in [5, 5.41) is 3.34. The molecule has 2 aromatic rings. The Hall–Kier alpha value is -1.87. The van der Waals surface area contributed by atoms with Gasteiger partial charge >= 0.3 is 0 Å². The summed E-state index contributed by atoms with van der Waals surface area (Å²) in [7, 11) is 0. The Bertz CT molecular complexity index is 623. The van der Waals surface area contributed by atoms with Crippen LogP contribution in [0.5, 0.6) is 0 Å². The summed E-state index contributed by atoms with van der Waals surface area (Å²) < 4.78 is 0. The second-order valence-corrected chi connectivity index (χ2v) is 5.58. The summed E-state index contributed by atoms with van der Waals surface area (Å²) >= 11 is 5.80. The van der Waals surface area contributed by atoms with Gasteiger partial charge in [-0.25, -0.2) is 4.98 Å². The summed E-state index contributed by atoms with van der Waals surface area (Å²) in [6.07, 6.45) is 3.78. The lowest BCUT2D eigenvalue weighted by atomic mass is 9.96. The molecule has 3 rings (SSSR count). The van der Waals surface area contributed by atoms with E-state index in [-0.39, 0.29) is 11.3 Å². The maximum Gasteiger partial charge on any atom is 0.251 e. The molecule has 1 aromatic heterocycles. The van der Waals surface area contributed by atoms with Crippen LogP contribution in [0.2, 0.25) is 5.15 Å². The third-order valence-electron chi connectivity index (χ3n) is 3.82. The van der Waals surface area contributed by atoms with E-state index in [4.69, 9.17) is 11.6 Å². The number of aromatic nitrogens is 1. The molecule has 0 unspecified atom stereocenters. The molecule has 1 amide bonds. The molecule has 0 atom stereocenters. The van der Waals surface area contributed by atoms with Gasteiger partial charge in [-0.3, -0.25) is 4.79 Å². The van der Waals surface area contributed by atoms with Gasteiger partial charge in [-0.1, -0.05) is 41.9 Å². The van der Waals surface area contributed by atoms with Crippen LogP contribution >= 0.6 is 11.6 Å². The Morgan fingerprint density at radius 2 is 2.00 bits per heavy atom. The average molecular weight is 287 g/mol. The second kappa shape index (κ2) is 5.25.